The molecule has 1 heterocycles. The van der Waals surface area contributed by atoms with Gasteiger partial charge in [-0.05, 0) is 26.0 Å². The van der Waals surface area contributed by atoms with Gasteiger partial charge in [0.15, 0.2) is 0 Å². The van der Waals surface area contributed by atoms with Gasteiger partial charge in [0.2, 0.25) is 5.91 Å². The van der Waals surface area contributed by atoms with Crippen molar-refractivity contribution in [3.63, 3.8) is 0 Å². The van der Waals surface area contributed by atoms with Gasteiger partial charge in [0.05, 0.1) is 5.56 Å². The van der Waals surface area contributed by atoms with Gasteiger partial charge < -0.3 is 16.2 Å². The fraction of sp³-hybridized carbons (Fsp3) is 0.357. The first-order chi connectivity index (χ1) is 9.35. The second-order valence-electron chi connectivity index (χ2n) is 4.84. The molecule has 20 heavy (non-hydrogen) atoms. The van der Waals surface area contributed by atoms with E-state index >= 15 is 0 Å². The third-order valence-corrected chi connectivity index (χ3v) is 2.39. The summed E-state index contributed by atoms with van der Waals surface area (Å²) < 4.78 is 0. The summed E-state index contributed by atoms with van der Waals surface area (Å²) in [5.74, 6) is 4.17. The van der Waals surface area contributed by atoms with Crippen molar-refractivity contribution in [1.29, 1.82) is 0 Å². The number of primary amides is 1. The van der Waals surface area contributed by atoms with Crippen molar-refractivity contribution < 1.29 is 14.7 Å². The van der Waals surface area contributed by atoms with Crippen molar-refractivity contribution in [3.8, 4) is 11.8 Å². The van der Waals surface area contributed by atoms with E-state index < -0.39 is 17.4 Å². The van der Waals surface area contributed by atoms with Crippen LogP contribution >= 0.6 is 0 Å². The van der Waals surface area contributed by atoms with Crippen LogP contribution in [0, 0.1) is 11.8 Å². The zero-order chi connectivity index (χ0) is 15.2. The van der Waals surface area contributed by atoms with Gasteiger partial charge in [0.25, 0.3) is 5.91 Å². The number of pyridine rings is 1. The normalized spacial score (nSPS) is 10.3. The van der Waals surface area contributed by atoms with Crippen molar-refractivity contribution in [1.82, 2.24) is 10.3 Å². The van der Waals surface area contributed by atoms with E-state index in [-0.39, 0.29) is 18.7 Å². The minimum absolute atomic E-state index is 0.0171. The number of carbonyl (C=O) groups excluding carboxylic acids is 2. The molecule has 0 saturated heterocycles. The summed E-state index contributed by atoms with van der Waals surface area (Å²) in [7, 11) is 0. The van der Waals surface area contributed by atoms with Crippen LogP contribution in [0.25, 0.3) is 0 Å². The van der Waals surface area contributed by atoms with Crippen molar-refractivity contribution in [3.05, 3.63) is 29.6 Å². The molecular formula is C14H17N3O3. The summed E-state index contributed by atoms with van der Waals surface area (Å²) in [5.41, 5.74) is 4.91. The molecule has 2 amide bonds. The molecule has 0 bridgehead atoms. The Labute approximate surface area is 117 Å². The molecule has 6 nitrogen and oxygen atoms in total. The van der Waals surface area contributed by atoms with E-state index in [0.29, 0.717) is 5.56 Å². The minimum Gasteiger partial charge on any atom is -0.384 e. The zero-order valence-electron chi connectivity index (χ0n) is 11.4. The van der Waals surface area contributed by atoms with E-state index in [1.54, 1.807) is 26.0 Å². The molecule has 0 aromatic carbocycles. The molecule has 0 aliphatic heterocycles. The number of aliphatic hydroxyl groups excluding tert-OH is 1. The Balaban J connectivity index is 2.95. The average Bonchev–Trinajstić information content (AvgIpc) is 2.34. The van der Waals surface area contributed by atoms with Crippen LogP contribution in [0.5, 0.6) is 0 Å². The SMILES string of the molecule is CC(C)(CC(N)=O)NC(=O)c1ncccc1C#CCO. The molecule has 0 radical (unpaired) electrons. The summed E-state index contributed by atoms with van der Waals surface area (Å²) in [4.78, 5) is 27.1. The highest BCUT2D eigenvalue weighted by Gasteiger charge is 2.24. The maximum absolute atomic E-state index is 12.2. The Morgan fingerprint density at radius 2 is 2.20 bits per heavy atom. The quantitative estimate of drug-likeness (QED) is 0.662. The van der Waals surface area contributed by atoms with E-state index in [2.05, 4.69) is 22.1 Å². The molecule has 1 aromatic rings. The minimum atomic E-state index is -0.776. The summed E-state index contributed by atoms with van der Waals surface area (Å²) in [6.45, 7) is 3.08. The van der Waals surface area contributed by atoms with E-state index in [4.69, 9.17) is 10.8 Å². The van der Waals surface area contributed by atoms with Crippen molar-refractivity contribution in [2.75, 3.05) is 6.61 Å². The lowest BCUT2D eigenvalue weighted by atomic mass is 9.99. The molecule has 0 atom stereocenters. The molecule has 6 heteroatoms. The topological polar surface area (TPSA) is 105 Å². The van der Waals surface area contributed by atoms with Crippen molar-refractivity contribution >= 4 is 11.8 Å². The van der Waals surface area contributed by atoms with Gasteiger partial charge in [-0.15, -0.1) is 0 Å². The lowest BCUT2D eigenvalue weighted by molar-refractivity contribution is -0.119. The summed E-state index contributed by atoms with van der Waals surface area (Å²) in [5, 5.41) is 11.4. The Bertz CT molecular complexity index is 571. The molecular weight excluding hydrogens is 258 g/mol. The molecule has 0 spiro atoms. The summed E-state index contributed by atoms with van der Waals surface area (Å²) in [6, 6.07) is 3.28. The van der Waals surface area contributed by atoms with Gasteiger partial charge in [-0.3, -0.25) is 9.59 Å². The monoisotopic (exact) mass is 275 g/mol. The Morgan fingerprint density at radius 1 is 1.50 bits per heavy atom. The van der Waals surface area contributed by atoms with Crippen LogP contribution in [-0.4, -0.2) is 34.1 Å². The second kappa shape index (κ2) is 6.68. The van der Waals surface area contributed by atoms with Gasteiger partial charge in [-0.25, -0.2) is 4.98 Å². The number of aromatic nitrogens is 1. The maximum Gasteiger partial charge on any atom is 0.271 e. The second-order valence-corrected chi connectivity index (χ2v) is 4.84. The summed E-state index contributed by atoms with van der Waals surface area (Å²) in [6.07, 6.45) is 1.49. The third kappa shape index (κ3) is 4.71. The van der Waals surface area contributed by atoms with Crippen LogP contribution in [-0.2, 0) is 4.79 Å². The lowest BCUT2D eigenvalue weighted by Gasteiger charge is -2.24. The molecule has 0 unspecified atom stereocenters. The lowest BCUT2D eigenvalue weighted by Crippen LogP contribution is -2.46. The zero-order valence-corrected chi connectivity index (χ0v) is 11.4. The number of rotatable bonds is 4. The number of aliphatic hydroxyl groups is 1. The van der Waals surface area contributed by atoms with Gasteiger partial charge >= 0.3 is 0 Å². The number of amides is 2. The van der Waals surface area contributed by atoms with Gasteiger partial charge in [-0.2, -0.15) is 0 Å². The fourth-order valence-electron chi connectivity index (χ4n) is 1.67. The first kappa shape index (κ1) is 15.7. The molecule has 4 N–H and O–H groups in total. The molecule has 0 aliphatic carbocycles. The standard InChI is InChI=1S/C14H17N3O3/c1-14(2,9-11(15)19)17-13(20)12-10(6-4-8-18)5-3-7-16-12/h3,5,7,18H,8-9H2,1-2H3,(H2,15,19)(H,17,20). The predicted molar refractivity (Wildman–Crippen MR) is 73.6 cm³/mol. The Morgan fingerprint density at radius 3 is 2.80 bits per heavy atom. The van der Waals surface area contributed by atoms with Crippen molar-refractivity contribution in [2.24, 2.45) is 5.73 Å². The number of carbonyl (C=O) groups is 2. The number of hydrogen-bond donors (Lipinski definition) is 3. The van der Waals surface area contributed by atoms with E-state index in [9.17, 15) is 9.59 Å². The number of nitrogens with zero attached hydrogens (tertiary/aromatic N) is 1. The third-order valence-electron chi connectivity index (χ3n) is 2.39. The largest absolute Gasteiger partial charge is 0.384 e. The highest BCUT2D eigenvalue weighted by molar-refractivity contribution is 5.95. The van der Waals surface area contributed by atoms with Crippen LogP contribution < -0.4 is 11.1 Å². The predicted octanol–water partition coefficient (Wildman–Crippen LogP) is -0.191. The Hall–Kier alpha value is -2.39. The Kier molecular flexibility index (Phi) is 5.23. The van der Waals surface area contributed by atoms with Crippen molar-refractivity contribution in [2.45, 2.75) is 25.8 Å². The number of hydrogen-bond acceptors (Lipinski definition) is 4. The maximum atomic E-state index is 12.2. The van der Waals surface area contributed by atoms with Gasteiger partial charge in [-0.1, -0.05) is 11.8 Å². The van der Waals surface area contributed by atoms with Crippen LogP contribution in [0.4, 0.5) is 0 Å². The molecule has 0 aliphatic rings. The first-order valence-corrected chi connectivity index (χ1v) is 6.01. The molecule has 0 saturated carbocycles. The summed E-state index contributed by atoms with van der Waals surface area (Å²) >= 11 is 0. The smallest absolute Gasteiger partial charge is 0.271 e. The van der Waals surface area contributed by atoms with E-state index in [1.165, 1.54) is 6.20 Å². The van der Waals surface area contributed by atoms with Crippen LogP contribution in [0.1, 0.15) is 36.3 Å². The van der Waals surface area contributed by atoms with Crippen LogP contribution in [0.2, 0.25) is 0 Å². The molecule has 1 rings (SSSR count). The highest BCUT2D eigenvalue weighted by Crippen LogP contribution is 2.11. The van der Waals surface area contributed by atoms with E-state index in [0.717, 1.165) is 0 Å². The van der Waals surface area contributed by atoms with E-state index in [1.807, 2.05) is 0 Å². The van der Waals surface area contributed by atoms with Crippen LogP contribution in [0.15, 0.2) is 18.3 Å². The van der Waals surface area contributed by atoms with Gasteiger partial charge in [0.1, 0.15) is 12.3 Å². The average molecular weight is 275 g/mol. The molecule has 1 aromatic heterocycles. The number of nitrogens with one attached hydrogen (secondary N) is 1. The highest BCUT2D eigenvalue weighted by atomic mass is 16.2. The molecule has 0 fully saturated rings. The number of nitrogens with two attached hydrogens (primary N) is 1. The first-order valence-electron chi connectivity index (χ1n) is 6.01. The fourth-order valence-corrected chi connectivity index (χ4v) is 1.67. The van der Waals surface area contributed by atoms with Gasteiger partial charge in [0, 0.05) is 18.2 Å². The molecule has 106 valence electrons. The van der Waals surface area contributed by atoms with Crippen LogP contribution in [0.3, 0.4) is 0 Å².